The molecule has 0 bridgehead atoms. The molecule has 0 N–H and O–H groups in total. The predicted molar refractivity (Wildman–Crippen MR) is 206 cm³/mol. The van der Waals surface area contributed by atoms with E-state index in [0.29, 0.717) is 22.8 Å². The fraction of sp³-hybridized carbons (Fsp3) is 0.316. The molecule has 1 amide bonds. The van der Waals surface area contributed by atoms with E-state index in [1.165, 1.54) is 18.3 Å². The minimum atomic E-state index is -4.46. The second-order valence-corrected chi connectivity index (χ2v) is 15.5. The molecule has 53 heavy (non-hydrogen) atoms. The third kappa shape index (κ3) is 11.5. The van der Waals surface area contributed by atoms with Gasteiger partial charge in [-0.3, -0.25) is 18.6 Å². The summed E-state index contributed by atoms with van der Waals surface area (Å²) < 4.78 is 48.1. The Morgan fingerprint density at radius 3 is 2.17 bits per heavy atom. The van der Waals surface area contributed by atoms with Crippen LogP contribution in [0.25, 0.3) is 11.1 Å². The average molecular weight is 781 g/mol. The number of nitrogens with zero attached hydrogens (tertiary/aromatic N) is 6. The van der Waals surface area contributed by atoms with Crippen molar-refractivity contribution in [2.75, 3.05) is 31.9 Å². The number of halogens is 2. The lowest BCUT2D eigenvalue weighted by Gasteiger charge is -2.27. The van der Waals surface area contributed by atoms with Gasteiger partial charge in [-0.2, -0.15) is 13.5 Å². The van der Waals surface area contributed by atoms with Crippen LogP contribution in [0.1, 0.15) is 42.5 Å². The molecule has 0 aliphatic heterocycles. The first kappa shape index (κ1) is 39.7. The Morgan fingerprint density at radius 2 is 1.55 bits per heavy atom. The van der Waals surface area contributed by atoms with E-state index in [0.717, 1.165) is 52.7 Å². The number of hydrogen-bond acceptors (Lipinski definition) is 9. The van der Waals surface area contributed by atoms with Crippen LogP contribution in [0.5, 0.6) is 0 Å². The molecule has 2 heterocycles. The van der Waals surface area contributed by atoms with E-state index in [9.17, 15) is 22.4 Å². The number of rotatable bonds is 18. The smallest absolute Gasteiger partial charge is 0.327 e. The Hall–Kier alpha value is -4.50. The van der Waals surface area contributed by atoms with E-state index in [-0.39, 0.29) is 41.8 Å². The fourth-order valence-electron chi connectivity index (χ4n) is 5.53. The van der Waals surface area contributed by atoms with Crippen molar-refractivity contribution in [3.05, 3.63) is 135 Å². The van der Waals surface area contributed by atoms with Crippen LogP contribution in [-0.2, 0) is 40.7 Å². The highest BCUT2D eigenvalue weighted by Gasteiger charge is 2.24. The van der Waals surface area contributed by atoms with Crippen LogP contribution in [-0.4, -0.2) is 75.6 Å². The second kappa shape index (κ2) is 18.5. The monoisotopic (exact) mass is 780 g/mol. The number of carbonyl (C=O) groups is 1. The van der Waals surface area contributed by atoms with E-state index >= 15 is 0 Å². The number of aromatic nitrogens is 4. The van der Waals surface area contributed by atoms with Gasteiger partial charge in [-0.25, -0.2) is 9.37 Å². The summed E-state index contributed by atoms with van der Waals surface area (Å²) in [5.41, 5.74) is 3.84. The summed E-state index contributed by atoms with van der Waals surface area (Å²) in [6, 6.07) is 21.2. The van der Waals surface area contributed by atoms with Crippen LogP contribution in [0.4, 0.5) is 4.39 Å². The van der Waals surface area contributed by atoms with Gasteiger partial charge in [-0.15, -0.1) is 0 Å². The molecule has 2 aromatic heterocycles. The van der Waals surface area contributed by atoms with Gasteiger partial charge in [-0.1, -0.05) is 90.5 Å². The van der Waals surface area contributed by atoms with Crippen molar-refractivity contribution in [2.24, 2.45) is 7.05 Å². The molecule has 0 radical (unpaired) electrons. The molecule has 0 saturated carbocycles. The van der Waals surface area contributed by atoms with Gasteiger partial charge in [-0.05, 0) is 65.2 Å². The lowest BCUT2D eigenvalue weighted by atomic mass is 10.0. The SMILES string of the molecule is CCN(CC)CCN(Cc1ccc(-c2ccc(Cl)cc2)cc1)C(=O)CCS(=O)(=O)On1c(SCc2ccc(F)cc2)ncc(Cc2cnn(C)c2)c1=O. The van der Waals surface area contributed by atoms with Crippen LogP contribution in [0.3, 0.4) is 0 Å². The highest BCUT2D eigenvalue weighted by Crippen LogP contribution is 2.23. The summed E-state index contributed by atoms with van der Waals surface area (Å²) in [4.78, 5) is 35.6. The van der Waals surface area contributed by atoms with Crippen molar-refractivity contribution < 1.29 is 21.9 Å². The molecule has 0 spiro atoms. The molecule has 0 saturated heterocycles. The molecule has 0 unspecified atom stereocenters. The fourth-order valence-corrected chi connectivity index (χ4v) is 7.42. The molecule has 0 aliphatic rings. The quantitative estimate of drug-likeness (QED) is 0.0799. The number of amides is 1. The summed E-state index contributed by atoms with van der Waals surface area (Å²) >= 11 is 7.11. The molecule has 5 aromatic rings. The first-order chi connectivity index (χ1) is 25.4. The molecule has 0 fully saturated rings. The van der Waals surface area contributed by atoms with Gasteiger partial charge in [0.1, 0.15) is 5.82 Å². The Kier molecular flexibility index (Phi) is 13.9. The largest absolute Gasteiger partial charge is 0.337 e. The summed E-state index contributed by atoms with van der Waals surface area (Å²) in [6.45, 7) is 7.00. The zero-order valence-corrected chi connectivity index (χ0v) is 32.2. The summed E-state index contributed by atoms with van der Waals surface area (Å²) in [7, 11) is -2.71. The van der Waals surface area contributed by atoms with Gasteiger partial charge < -0.3 is 9.80 Å². The van der Waals surface area contributed by atoms with Crippen LogP contribution < -0.4 is 9.84 Å². The minimum absolute atomic E-state index is 0.00735. The van der Waals surface area contributed by atoms with Crippen molar-refractivity contribution >= 4 is 39.4 Å². The maximum absolute atomic E-state index is 13.7. The molecule has 280 valence electrons. The molecular weight excluding hydrogens is 739 g/mol. The van der Waals surface area contributed by atoms with Crippen molar-refractivity contribution in [3.63, 3.8) is 0 Å². The van der Waals surface area contributed by atoms with Crippen molar-refractivity contribution in [1.29, 1.82) is 0 Å². The number of carbonyl (C=O) groups excluding carboxylic acids is 1. The van der Waals surface area contributed by atoms with E-state index < -0.39 is 27.2 Å². The van der Waals surface area contributed by atoms with Gasteiger partial charge in [0.25, 0.3) is 5.56 Å². The van der Waals surface area contributed by atoms with Crippen molar-refractivity contribution in [3.8, 4) is 11.1 Å². The molecule has 0 atom stereocenters. The summed E-state index contributed by atoms with van der Waals surface area (Å²) in [5, 5.41) is 4.78. The number of likely N-dealkylation sites (N-methyl/N-ethyl adjacent to an activating group) is 1. The number of hydrogen-bond donors (Lipinski definition) is 0. The number of thioether (sulfide) groups is 1. The van der Waals surface area contributed by atoms with E-state index in [1.54, 1.807) is 41.2 Å². The lowest BCUT2D eigenvalue weighted by Crippen LogP contribution is -2.40. The molecule has 15 heteroatoms. The molecule has 3 aromatic carbocycles. The van der Waals surface area contributed by atoms with E-state index in [1.807, 2.05) is 62.4 Å². The van der Waals surface area contributed by atoms with Crippen LogP contribution in [0, 0.1) is 5.82 Å². The minimum Gasteiger partial charge on any atom is -0.337 e. The Morgan fingerprint density at radius 1 is 0.906 bits per heavy atom. The number of aryl methyl sites for hydroxylation is 1. The third-order valence-corrected chi connectivity index (χ3v) is 10.9. The summed E-state index contributed by atoms with van der Waals surface area (Å²) in [5.74, 6) is -1.16. The Bertz CT molecular complexity index is 2140. The first-order valence-corrected chi connectivity index (χ1v) is 20.1. The maximum atomic E-state index is 13.7. The van der Waals surface area contributed by atoms with Crippen LogP contribution in [0.15, 0.2) is 101 Å². The molecule has 11 nitrogen and oxygen atoms in total. The number of benzene rings is 3. The normalized spacial score (nSPS) is 11.6. The van der Waals surface area contributed by atoms with Crippen LogP contribution >= 0.6 is 23.4 Å². The van der Waals surface area contributed by atoms with Gasteiger partial charge >= 0.3 is 10.1 Å². The molecular formula is C38H42ClFN6O5S2. The second-order valence-electron chi connectivity index (χ2n) is 12.4. The lowest BCUT2D eigenvalue weighted by molar-refractivity contribution is -0.131. The van der Waals surface area contributed by atoms with Gasteiger partial charge in [0.15, 0.2) is 0 Å². The van der Waals surface area contributed by atoms with Gasteiger partial charge in [0.05, 0.1) is 11.9 Å². The first-order valence-electron chi connectivity index (χ1n) is 17.2. The molecule has 0 aliphatic carbocycles. The van der Waals surface area contributed by atoms with Crippen molar-refractivity contribution in [2.45, 2.75) is 44.1 Å². The van der Waals surface area contributed by atoms with Crippen molar-refractivity contribution in [1.82, 2.24) is 29.3 Å². The highest BCUT2D eigenvalue weighted by atomic mass is 35.5. The predicted octanol–water partition coefficient (Wildman–Crippen LogP) is 5.84. The maximum Gasteiger partial charge on any atom is 0.327 e. The Labute approximate surface area is 318 Å². The topological polar surface area (TPSA) is 120 Å². The highest BCUT2D eigenvalue weighted by molar-refractivity contribution is 7.98. The molecule has 5 rings (SSSR count). The average Bonchev–Trinajstić information content (AvgIpc) is 3.57. The van der Waals surface area contributed by atoms with Gasteiger partial charge in [0.2, 0.25) is 11.1 Å². The zero-order chi connectivity index (χ0) is 38.0. The van der Waals surface area contributed by atoms with Gasteiger partial charge in [0, 0.05) is 68.3 Å². The zero-order valence-electron chi connectivity index (χ0n) is 29.8. The van der Waals surface area contributed by atoms with E-state index in [4.69, 9.17) is 15.9 Å². The van der Waals surface area contributed by atoms with Crippen LogP contribution in [0.2, 0.25) is 5.02 Å². The van der Waals surface area contributed by atoms with E-state index in [2.05, 4.69) is 15.0 Å². The third-order valence-electron chi connectivity index (χ3n) is 8.59. The Balaban J connectivity index is 1.32. The standard InChI is InChI=1S/C38H42ClFN6O5S2/c1-4-44(5-2)19-20-45(26-28-6-10-31(11-7-28)32-12-14-34(39)15-13-32)36(47)18-21-53(49,50)51-46-37(48)33(22-30-23-42-43(3)25-30)24-41-38(46)52-27-29-8-16-35(40)17-9-29/h6-17,23-25H,4-5,18-22,26-27H2,1-3H3. The summed E-state index contributed by atoms with van der Waals surface area (Å²) in [6.07, 6.45) is 4.51.